The number of aromatic nitrogens is 1. The number of nitrogens with zero attached hydrogens (tertiary/aromatic N) is 1. The highest BCUT2D eigenvalue weighted by Gasteiger charge is 2.28. The van der Waals surface area contributed by atoms with E-state index in [2.05, 4.69) is 35.2 Å². The van der Waals surface area contributed by atoms with E-state index in [0.29, 0.717) is 0 Å². The molecule has 114 valence electrons. The van der Waals surface area contributed by atoms with Crippen molar-refractivity contribution in [3.63, 3.8) is 0 Å². The van der Waals surface area contributed by atoms with Crippen LogP contribution < -0.4 is 9.46 Å². The summed E-state index contributed by atoms with van der Waals surface area (Å²) in [6, 6.07) is 3.20. The van der Waals surface area contributed by atoms with Gasteiger partial charge in [0.1, 0.15) is 0 Å². The minimum absolute atomic E-state index is 0.0262. The molecule has 1 heterocycles. The van der Waals surface area contributed by atoms with Crippen molar-refractivity contribution in [3.8, 4) is 5.88 Å². The Balaban J connectivity index is 2.53. The van der Waals surface area contributed by atoms with Gasteiger partial charge >= 0.3 is 6.18 Å². The van der Waals surface area contributed by atoms with Gasteiger partial charge in [0.25, 0.3) is 0 Å². The molecule has 0 spiro atoms. The Bertz CT molecular complexity index is 415. The van der Waals surface area contributed by atoms with Crippen molar-refractivity contribution in [2.75, 3.05) is 6.61 Å². The second-order valence-electron chi connectivity index (χ2n) is 5.39. The quantitative estimate of drug-likeness (QED) is 0.830. The number of hydrogen-bond acceptors (Lipinski definition) is 4. The molecule has 1 rings (SSSR count). The molecule has 0 radical (unpaired) electrons. The molecule has 0 bridgehead atoms. The summed E-state index contributed by atoms with van der Waals surface area (Å²) in [7, 11) is 0. The Morgan fingerprint density at radius 1 is 1.30 bits per heavy atom. The van der Waals surface area contributed by atoms with E-state index in [9.17, 15) is 13.2 Å². The number of nitrogens with one attached hydrogen (secondary N) is 1. The first-order valence-corrected chi connectivity index (χ1v) is 6.97. The van der Waals surface area contributed by atoms with E-state index in [1.165, 1.54) is 12.3 Å². The summed E-state index contributed by atoms with van der Waals surface area (Å²) in [6.07, 6.45) is -2.83. The molecule has 7 heteroatoms. The summed E-state index contributed by atoms with van der Waals surface area (Å²) in [5.41, 5.74) is 0.890. The first-order chi connectivity index (χ1) is 9.07. The van der Waals surface area contributed by atoms with Gasteiger partial charge in [0.05, 0.1) is 0 Å². The second-order valence-corrected chi connectivity index (χ2v) is 7.05. The lowest BCUT2D eigenvalue weighted by molar-refractivity contribution is -0.154. The van der Waals surface area contributed by atoms with Gasteiger partial charge in [-0.25, -0.2) is 4.98 Å². The van der Waals surface area contributed by atoms with E-state index in [1.54, 1.807) is 18.0 Å². The number of rotatable bonds is 5. The summed E-state index contributed by atoms with van der Waals surface area (Å²) in [5, 5.41) is 0. The molecule has 3 nitrogen and oxygen atoms in total. The zero-order chi connectivity index (χ0) is 15.4. The first-order valence-electron chi connectivity index (χ1n) is 6.16. The van der Waals surface area contributed by atoms with Crippen molar-refractivity contribution in [3.05, 3.63) is 23.9 Å². The third kappa shape index (κ3) is 7.00. The maximum absolute atomic E-state index is 12.0. The van der Waals surface area contributed by atoms with E-state index in [1.807, 2.05) is 6.92 Å². The summed E-state index contributed by atoms with van der Waals surface area (Å²) in [6.45, 7) is 6.90. The number of halogens is 3. The lowest BCUT2D eigenvalue weighted by Gasteiger charge is -2.21. The molecule has 0 amide bonds. The van der Waals surface area contributed by atoms with Crippen molar-refractivity contribution >= 4 is 11.9 Å². The van der Waals surface area contributed by atoms with Crippen LogP contribution in [-0.4, -0.2) is 22.5 Å². The van der Waals surface area contributed by atoms with E-state index >= 15 is 0 Å². The fourth-order valence-corrected chi connectivity index (χ4v) is 1.89. The molecule has 1 atom stereocenters. The van der Waals surface area contributed by atoms with Crippen molar-refractivity contribution < 1.29 is 17.9 Å². The molecule has 0 saturated carbocycles. The minimum atomic E-state index is -4.35. The Hall–Kier alpha value is -0.950. The fourth-order valence-electron chi connectivity index (χ4n) is 1.22. The SMILES string of the molecule is CC(NSC(C)(C)C)c1ccc(OCC(F)(F)F)nc1. The van der Waals surface area contributed by atoms with Crippen LogP contribution in [0.25, 0.3) is 0 Å². The third-order valence-corrected chi connectivity index (χ3v) is 3.27. The van der Waals surface area contributed by atoms with Crippen molar-refractivity contribution in [1.29, 1.82) is 0 Å². The van der Waals surface area contributed by atoms with Crippen LogP contribution in [0.4, 0.5) is 13.2 Å². The molecule has 0 aromatic carbocycles. The van der Waals surface area contributed by atoms with Crippen LogP contribution >= 0.6 is 11.9 Å². The van der Waals surface area contributed by atoms with Crippen LogP contribution in [0.2, 0.25) is 0 Å². The van der Waals surface area contributed by atoms with Gasteiger partial charge in [-0.1, -0.05) is 18.0 Å². The lowest BCUT2D eigenvalue weighted by Crippen LogP contribution is -2.20. The van der Waals surface area contributed by atoms with Crippen LogP contribution in [0.1, 0.15) is 39.3 Å². The highest BCUT2D eigenvalue weighted by molar-refractivity contribution is 7.98. The number of pyridine rings is 1. The largest absolute Gasteiger partial charge is 0.468 e. The predicted molar refractivity (Wildman–Crippen MR) is 74.7 cm³/mol. The molecule has 1 aromatic heterocycles. The van der Waals surface area contributed by atoms with Gasteiger partial charge < -0.3 is 4.74 Å². The Morgan fingerprint density at radius 2 is 1.95 bits per heavy atom. The molecule has 1 N–H and O–H groups in total. The van der Waals surface area contributed by atoms with Crippen LogP contribution in [0.15, 0.2) is 18.3 Å². The topological polar surface area (TPSA) is 34.1 Å². The van der Waals surface area contributed by atoms with Crippen LogP contribution in [0, 0.1) is 0 Å². The highest BCUT2D eigenvalue weighted by atomic mass is 32.2. The number of hydrogen-bond donors (Lipinski definition) is 1. The molecule has 0 aliphatic rings. The first kappa shape index (κ1) is 17.1. The van der Waals surface area contributed by atoms with E-state index in [-0.39, 0.29) is 16.7 Å². The summed E-state index contributed by atoms with van der Waals surface area (Å²) < 4.78 is 43.9. The second kappa shape index (κ2) is 6.67. The standard InChI is InChI=1S/C13H19F3N2OS/c1-9(18-20-12(2,3)4)10-5-6-11(17-7-10)19-8-13(14,15)16/h5-7,9,18H,8H2,1-4H3. The third-order valence-electron chi connectivity index (χ3n) is 2.18. The van der Waals surface area contributed by atoms with Gasteiger partial charge in [-0.05, 0) is 33.3 Å². The van der Waals surface area contributed by atoms with Gasteiger partial charge in [0.2, 0.25) is 5.88 Å². The Morgan fingerprint density at radius 3 is 2.40 bits per heavy atom. The van der Waals surface area contributed by atoms with Gasteiger partial charge in [-0.2, -0.15) is 13.2 Å². The van der Waals surface area contributed by atoms with Crippen LogP contribution in [0.5, 0.6) is 5.88 Å². The van der Waals surface area contributed by atoms with Crippen molar-refractivity contribution in [2.45, 2.75) is 44.7 Å². The highest BCUT2D eigenvalue weighted by Crippen LogP contribution is 2.25. The molecular weight excluding hydrogens is 289 g/mol. The van der Waals surface area contributed by atoms with Gasteiger partial charge in [-0.15, -0.1) is 0 Å². The van der Waals surface area contributed by atoms with Gasteiger partial charge in [0, 0.05) is 23.1 Å². The zero-order valence-electron chi connectivity index (χ0n) is 11.9. The molecule has 0 saturated heterocycles. The van der Waals surface area contributed by atoms with Crippen LogP contribution in [-0.2, 0) is 0 Å². The average molecular weight is 308 g/mol. The Labute approximate surface area is 121 Å². The van der Waals surface area contributed by atoms with E-state index < -0.39 is 12.8 Å². The lowest BCUT2D eigenvalue weighted by atomic mass is 10.2. The molecule has 0 aliphatic carbocycles. The van der Waals surface area contributed by atoms with Crippen LogP contribution in [0.3, 0.4) is 0 Å². The minimum Gasteiger partial charge on any atom is -0.468 e. The molecule has 20 heavy (non-hydrogen) atoms. The maximum atomic E-state index is 12.0. The van der Waals surface area contributed by atoms with Crippen molar-refractivity contribution in [2.24, 2.45) is 0 Å². The molecular formula is C13H19F3N2OS. The smallest absolute Gasteiger partial charge is 0.422 e. The average Bonchev–Trinajstić information content (AvgIpc) is 2.32. The van der Waals surface area contributed by atoms with E-state index in [0.717, 1.165) is 5.56 Å². The monoisotopic (exact) mass is 308 g/mol. The molecule has 0 fully saturated rings. The number of ether oxygens (including phenoxy) is 1. The summed E-state index contributed by atoms with van der Waals surface area (Å²) in [4.78, 5) is 3.88. The molecule has 1 aromatic rings. The maximum Gasteiger partial charge on any atom is 0.422 e. The molecule has 1 unspecified atom stereocenters. The molecule has 0 aliphatic heterocycles. The predicted octanol–water partition coefficient (Wildman–Crippen LogP) is 4.12. The fraction of sp³-hybridized carbons (Fsp3) is 0.615. The Kier molecular flexibility index (Phi) is 5.70. The number of alkyl halides is 3. The van der Waals surface area contributed by atoms with E-state index in [4.69, 9.17) is 0 Å². The zero-order valence-corrected chi connectivity index (χ0v) is 12.7. The summed E-state index contributed by atoms with van der Waals surface area (Å²) >= 11 is 1.60. The normalized spacial score (nSPS) is 14.2. The van der Waals surface area contributed by atoms with Gasteiger partial charge in [-0.3, -0.25) is 4.72 Å². The van der Waals surface area contributed by atoms with Gasteiger partial charge in [0.15, 0.2) is 6.61 Å². The van der Waals surface area contributed by atoms with Crippen molar-refractivity contribution in [1.82, 2.24) is 9.71 Å². The summed E-state index contributed by atoms with van der Waals surface area (Å²) in [5.74, 6) is -0.0262.